The fraction of sp³-hybridized carbons (Fsp3) is 0.0196. The topological polar surface area (TPSA) is 48.3 Å². The Kier molecular flexibility index (Phi) is 6.35. The normalized spacial score (nSPS) is 12.4. The summed E-state index contributed by atoms with van der Waals surface area (Å²) in [7, 11) is 0. The van der Waals surface area contributed by atoms with Crippen molar-refractivity contribution in [2.45, 2.75) is 6.92 Å². The Labute approximate surface area is 321 Å². The van der Waals surface area contributed by atoms with Gasteiger partial charge in [0.25, 0.3) is 0 Å². The molecule has 0 radical (unpaired) electrons. The quantitative estimate of drug-likeness (QED) is 0.167. The van der Waals surface area contributed by atoms with Gasteiger partial charge in [0.1, 0.15) is 16.8 Å². The Balaban J connectivity index is 1.16. The van der Waals surface area contributed by atoms with Crippen LogP contribution in [0.4, 0.5) is 0 Å². The number of nitrogens with zero attached hydrogens (tertiary/aromatic N) is 4. The third-order valence-corrected chi connectivity index (χ3v) is 11.6. The van der Waals surface area contributed by atoms with Crippen LogP contribution in [-0.2, 0) is 0 Å². The number of aryl methyl sites for hydroxylation is 1. The van der Waals surface area contributed by atoms with Crippen molar-refractivity contribution in [3.63, 3.8) is 0 Å². The summed E-state index contributed by atoms with van der Waals surface area (Å²) < 4.78 is 11.4. The SMILES string of the molecule is C=C/C=C\c1ccc2c(c1C)c1c3c4ccccc4n4c5ccccc5c(cc1n2-c1ccc(-c2nc(-c5ccccc5)nc5c2oc2ccccc25)cc1)c34. The highest BCUT2D eigenvalue weighted by atomic mass is 16.3. The zero-order valence-electron chi connectivity index (χ0n) is 30.5. The lowest BCUT2D eigenvalue weighted by Gasteiger charge is -2.11. The largest absolute Gasteiger partial charge is 0.452 e. The first-order chi connectivity index (χ1) is 27.7. The van der Waals surface area contributed by atoms with Gasteiger partial charge in [0.2, 0.25) is 0 Å². The molecular formula is C51H32N4O. The molecule has 0 saturated heterocycles. The van der Waals surface area contributed by atoms with Crippen molar-refractivity contribution in [1.82, 2.24) is 18.9 Å². The van der Waals surface area contributed by atoms with Gasteiger partial charge in [0.15, 0.2) is 11.4 Å². The molecule has 0 atom stereocenters. The summed E-state index contributed by atoms with van der Waals surface area (Å²) >= 11 is 0. The zero-order valence-corrected chi connectivity index (χ0v) is 30.5. The average molecular weight is 717 g/mol. The Bertz CT molecular complexity index is 3600. The third-order valence-electron chi connectivity index (χ3n) is 11.6. The lowest BCUT2D eigenvalue weighted by molar-refractivity contribution is 0.667. The van der Waals surface area contributed by atoms with Gasteiger partial charge < -0.3 is 13.4 Å². The molecule has 0 saturated carbocycles. The fourth-order valence-electron chi connectivity index (χ4n) is 9.18. The second-order valence-electron chi connectivity index (χ2n) is 14.6. The Hall–Kier alpha value is -7.50. The number of fused-ring (bicyclic) bond motifs is 13. The van der Waals surface area contributed by atoms with Gasteiger partial charge in [-0.05, 0) is 66.6 Å². The molecule has 7 aromatic carbocycles. The van der Waals surface area contributed by atoms with E-state index in [0.29, 0.717) is 11.4 Å². The molecule has 0 fully saturated rings. The molecule has 56 heavy (non-hydrogen) atoms. The van der Waals surface area contributed by atoms with E-state index in [2.05, 4.69) is 138 Å². The number of allylic oxidation sites excluding steroid dienone is 2. The molecule has 0 aliphatic rings. The van der Waals surface area contributed by atoms with Crippen molar-refractivity contribution >= 4 is 88.0 Å². The first-order valence-electron chi connectivity index (χ1n) is 19.0. The van der Waals surface area contributed by atoms with E-state index in [-0.39, 0.29) is 0 Å². The minimum atomic E-state index is 0.671. The number of aromatic nitrogens is 4. The molecule has 12 aromatic rings. The van der Waals surface area contributed by atoms with Gasteiger partial charge in [-0.25, -0.2) is 9.97 Å². The number of benzene rings is 7. The average Bonchev–Trinajstić information content (AvgIpc) is 3.99. The minimum Gasteiger partial charge on any atom is -0.452 e. The van der Waals surface area contributed by atoms with E-state index in [1.807, 2.05) is 48.6 Å². The van der Waals surface area contributed by atoms with Crippen LogP contribution >= 0.6 is 0 Å². The molecule has 5 nitrogen and oxygen atoms in total. The first kappa shape index (κ1) is 30.9. The van der Waals surface area contributed by atoms with Crippen LogP contribution in [0.1, 0.15) is 11.1 Å². The number of hydrogen-bond acceptors (Lipinski definition) is 3. The Morgan fingerprint density at radius 2 is 1.30 bits per heavy atom. The maximum Gasteiger partial charge on any atom is 0.180 e. The molecule has 0 bridgehead atoms. The van der Waals surface area contributed by atoms with E-state index in [4.69, 9.17) is 14.4 Å². The van der Waals surface area contributed by atoms with Crippen molar-refractivity contribution in [3.05, 3.63) is 175 Å². The number of hydrogen-bond donors (Lipinski definition) is 0. The molecular weight excluding hydrogens is 685 g/mol. The summed E-state index contributed by atoms with van der Waals surface area (Å²) in [4.78, 5) is 10.2. The number of furan rings is 1. The van der Waals surface area contributed by atoms with Gasteiger partial charge in [-0.3, -0.25) is 0 Å². The zero-order chi connectivity index (χ0) is 37.1. The molecule has 5 aromatic heterocycles. The van der Waals surface area contributed by atoms with E-state index in [1.54, 1.807) is 0 Å². The van der Waals surface area contributed by atoms with Crippen LogP contribution in [0, 0.1) is 6.92 Å². The molecule has 0 spiro atoms. The van der Waals surface area contributed by atoms with Gasteiger partial charge in [-0.15, -0.1) is 0 Å². The van der Waals surface area contributed by atoms with E-state index >= 15 is 0 Å². The molecule has 0 amide bonds. The van der Waals surface area contributed by atoms with Gasteiger partial charge in [0, 0.05) is 54.5 Å². The molecule has 5 heterocycles. The highest BCUT2D eigenvalue weighted by molar-refractivity contribution is 6.36. The molecule has 0 aliphatic carbocycles. The molecule has 0 N–H and O–H groups in total. The van der Waals surface area contributed by atoms with Crippen LogP contribution in [0.3, 0.4) is 0 Å². The van der Waals surface area contributed by atoms with Crippen LogP contribution in [0.15, 0.2) is 169 Å². The lowest BCUT2D eigenvalue weighted by Crippen LogP contribution is -1.96. The fourth-order valence-corrected chi connectivity index (χ4v) is 9.18. The highest BCUT2D eigenvalue weighted by Crippen LogP contribution is 2.48. The van der Waals surface area contributed by atoms with Crippen LogP contribution in [0.25, 0.3) is 116 Å². The van der Waals surface area contributed by atoms with Crippen LogP contribution in [-0.4, -0.2) is 18.9 Å². The van der Waals surface area contributed by atoms with Crippen molar-refractivity contribution in [3.8, 4) is 28.3 Å². The predicted octanol–water partition coefficient (Wildman–Crippen LogP) is 13.5. The minimum absolute atomic E-state index is 0.671. The molecule has 5 heteroatoms. The summed E-state index contributed by atoms with van der Waals surface area (Å²) in [6.45, 7) is 6.20. The molecule has 0 unspecified atom stereocenters. The maximum atomic E-state index is 6.48. The monoisotopic (exact) mass is 716 g/mol. The third kappa shape index (κ3) is 4.14. The van der Waals surface area contributed by atoms with E-state index in [0.717, 1.165) is 39.0 Å². The molecule has 262 valence electrons. The standard InChI is InChI=1S/C51H32N4O/c1-3-4-14-31-25-28-41-44(30(31)2)46-42(29-38-35-17-8-11-20-39(35)55-40-21-12-9-18-36(40)45(46)49(38)55)54(41)34-26-23-32(24-27-34)47-50-48(37-19-10-13-22-43(37)56-50)53-51(52-47)33-15-6-5-7-16-33/h3-29H,1H2,2H3/b14-4-. The second-order valence-corrected chi connectivity index (χ2v) is 14.6. The lowest BCUT2D eigenvalue weighted by atomic mass is 9.97. The first-order valence-corrected chi connectivity index (χ1v) is 19.0. The van der Waals surface area contributed by atoms with Crippen LogP contribution in [0.2, 0.25) is 0 Å². The van der Waals surface area contributed by atoms with Crippen molar-refractivity contribution in [1.29, 1.82) is 0 Å². The van der Waals surface area contributed by atoms with Crippen LogP contribution in [0.5, 0.6) is 0 Å². The van der Waals surface area contributed by atoms with E-state index < -0.39 is 0 Å². The van der Waals surface area contributed by atoms with Crippen molar-refractivity contribution < 1.29 is 4.42 Å². The Morgan fingerprint density at radius 3 is 2.11 bits per heavy atom. The number of rotatable bonds is 5. The summed E-state index contributed by atoms with van der Waals surface area (Å²) in [5, 5.41) is 8.57. The van der Waals surface area contributed by atoms with Gasteiger partial charge in [-0.1, -0.05) is 122 Å². The van der Waals surface area contributed by atoms with E-state index in [1.165, 1.54) is 71.0 Å². The smallest absolute Gasteiger partial charge is 0.180 e. The molecule has 0 aliphatic heterocycles. The van der Waals surface area contributed by atoms with Gasteiger partial charge >= 0.3 is 0 Å². The van der Waals surface area contributed by atoms with Gasteiger partial charge in [0.05, 0.1) is 27.6 Å². The summed E-state index contributed by atoms with van der Waals surface area (Å²) in [6.07, 6.45) is 6.02. The molecule has 12 rings (SSSR count). The summed E-state index contributed by atoms with van der Waals surface area (Å²) in [6, 6.07) is 51.6. The van der Waals surface area contributed by atoms with Gasteiger partial charge in [-0.2, -0.15) is 0 Å². The summed E-state index contributed by atoms with van der Waals surface area (Å²) in [5.41, 5.74) is 14.5. The predicted molar refractivity (Wildman–Crippen MR) is 233 cm³/mol. The number of para-hydroxylation sites is 3. The van der Waals surface area contributed by atoms with Crippen molar-refractivity contribution in [2.75, 3.05) is 0 Å². The second kappa shape index (κ2) is 11.5. The summed E-state index contributed by atoms with van der Waals surface area (Å²) in [5.74, 6) is 0.671. The van der Waals surface area contributed by atoms with E-state index in [9.17, 15) is 0 Å². The van der Waals surface area contributed by atoms with Crippen LogP contribution < -0.4 is 0 Å². The highest BCUT2D eigenvalue weighted by Gasteiger charge is 2.25. The maximum absolute atomic E-state index is 6.48. The Morgan fingerprint density at radius 1 is 0.589 bits per heavy atom. The van der Waals surface area contributed by atoms with Crippen molar-refractivity contribution in [2.24, 2.45) is 0 Å².